The Labute approximate surface area is 231 Å². The lowest BCUT2D eigenvalue weighted by molar-refractivity contribution is -0.137. The molecule has 7 nitrogen and oxygen atoms in total. The van der Waals surface area contributed by atoms with Gasteiger partial charge in [-0.05, 0) is 63.4 Å². The molecule has 0 saturated heterocycles. The quantitative estimate of drug-likeness (QED) is 0.337. The van der Waals surface area contributed by atoms with Gasteiger partial charge in [0.1, 0.15) is 23.5 Å². The summed E-state index contributed by atoms with van der Waals surface area (Å²) < 4.78 is 11.9. The Morgan fingerprint density at radius 2 is 1.62 bits per heavy atom. The molecule has 0 saturated carbocycles. The number of amides is 2. The molecule has 3 aromatic carbocycles. The number of rotatable bonds is 10. The van der Waals surface area contributed by atoms with Gasteiger partial charge in [0.15, 0.2) is 0 Å². The molecule has 208 valence electrons. The topological polar surface area (TPSA) is 88.1 Å². The third-order valence-electron chi connectivity index (χ3n) is 6.38. The SMILES string of the molecule is Cc1cccc(CO[C@@H](c2ccccc2)[C@@H](C)N(C)C(=O)[C@H](Cc2cccc(O)c2)NC(=O)OC(C)(C)C)c1. The number of nitrogens with zero attached hydrogens (tertiary/aromatic N) is 1. The number of alkyl carbamates (subject to hydrolysis) is 1. The molecule has 0 fully saturated rings. The van der Waals surface area contributed by atoms with Crippen LogP contribution in [-0.2, 0) is 27.3 Å². The molecular weight excluding hydrogens is 492 g/mol. The molecule has 39 heavy (non-hydrogen) atoms. The molecule has 2 N–H and O–H groups in total. The number of hydrogen-bond acceptors (Lipinski definition) is 5. The molecule has 0 unspecified atom stereocenters. The number of aromatic hydroxyl groups is 1. The zero-order valence-electron chi connectivity index (χ0n) is 23.7. The van der Waals surface area contributed by atoms with Crippen LogP contribution in [0.15, 0.2) is 78.9 Å². The lowest BCUT2D eigenvalue weighted by Gasteiger charge is -2.35. The van der Waals surface area contributed by atoms with E-state index < -0.39 is 23.8 Å². The lowest BCUT2D eigenvalue weighted by atomic mass is 10.00. The maximum Gasteiger partial charge on any atom is 0.408 e. The Bertz CT molecular complexity index is 1240. The van der Waals surface area contributed by atoms with Crippen molar-refractivity contribution in [2.45, 2.75) is 71.4 Å². The molecule has 0 aromatic heterocycles. The van der Waals surface area contributed by atoms with E-state index in [4.69, 9.17) is 9.47 Å². The van der Waals surface area contributed by atoms with Crippen LogP contribution in [0, 0.1) is 6.92 Å². The number of carbonyl (C=O) groups is 2. The first kappa shape index (κ1) is 29.7. The van der Waals surface area contributed by atoms with E-state index in [9.17, 15) is 14.7 Å². The van der Waals surface area contributed by atoms with Gasteiger partial charge < -0.3 is 24.8 Å². The van der Waals surface area contributed by atoms with E-state index in [1.807, 2.05) is 62.4 Å². The maximum atomic E-state index is 13.9. The summed E-state index contributed by atoms with van der Waals surface area (Å²) in [6, 6.07) is 23.3. The number of nitrogens with one attached hydrogen (secondary N) is 1. The van der Waals surface area contributed by atoms with E-state index in [2.05, 4.69) is 11.4 Å². The number of likely N-dealkylation sites (N-methyl/N-ethyl adjacent to an activating group) is 1. The van der Waals surface area contributed by atoms with Crippen molar-refractivity contribution in [1.29, 1.82) is 0 Å². The first-order valence-electron chi connectivity index (χ1n) is 13.2. The lowest BCUT2D eigenvalue weighted by Crippen LogP contribution is -2.52. The summed E-state index contributed by atoms with van der Waals surface area (Å²) >= 11 is 0. The molecule has 0 radical (unpaired) electrons. The Morgan fingerprint density at radius 3 is 2.26 bits per heavy atom. The second-order valence-electron chi connectivity index (χ2n) is 10.9. The molecular formula is C32H40N2O5. The van der Waals surface area contributed by atoms with Gasteiger partial charge in [-0.25, -0.2) is 4.79 Å². The van der Waals surface area contributed by atoms with Gasteiger partial charge in [0, 0.05) is 13.5 Å². The second kappa shape index (κ2) is 13.3. The summed E-state index contributed by atoms with van der Waals surface area (Å²) in [5.74, 6) is -0.205. The standard InChI is InChI=1S/C32H40N2O5/c1-22-12-10-14-25(18-22)21-38-29(26-15-8-7-9-16-26)23(2)34(6)30(36)28(33-31(37)39-32(3,4)5)20-24-13-11-17-27(35)19-24/h7-19,23,28-29,35H,20-21H2,1-6H3,(H,33,37)/t23-,28+,29-/m1/s1. The first-order chi connectivity index (χ1) is 18.4. The smallest absolute Gasteiger partial charge is 0.408 e. The third kappa shape index (κ3) is 9.14. The van der Waals surface area contributed by atoms with Crippen molar-refractivity contribution in [2.75, 3.05) is 7.05 Å². The van der Waals surface area contributed by atoms with E-state index in [-0.39, 0.29) is 24.1 Å². The fourth-order valence-electron chi connectivity index (χ4n) is 4.36. The van der Waals surface area contributed by atoms with Gasteiger partial charge in [0.2, 0.25) is 5.91 Å². The number of ether oxygens (including phenoxy) is 2. The van der Waals surface area contributed by atoms with Crippen molar-refractivity contribution >= 4 is 12.0 Å². The van der Waals surface area contributed by atoms with Crippen LogP contribution in [0.2, 0.25) is 0 Å². The van der Waals surface area contributed by atoms with Gasteiger partial charge in [0.05, 0.1) is 12.6 Å². The fraction of sp³-hybridized carbons (Fsp3) is 0.375. The van der Waals surface area contributed by atoms with Crippen LogP contribution >= 0.6 is 0 Å². The summed E-state index contributed by atoms with van der Waals surface area (Å²) in [5, 5.41) is 12.7. The van der Waals surface area contributed by atoms with Crippen molar-refractivity contribution in [3.63, 3.8) is 0 Å². The van der Waals surface area contributed by atoms with Crippen molar-refractivity contribution < 1.29 is 24.2 Å². The zero-order valence-corrected chi connectivity index (χ0v) is 23.7. The summed E-state index contributed by atoms with van der Waals surface area (Å²) in [4.78, 5) is 28.2. The van der Waals surface area contributed by atoms with Crippen LogP contribution in [0.1, 0.15) is 56.1 Å². The zero-order chi connectivity index (χ0) is 28.6. The van der Waals surface area contributed by atoms with Crippen molar-refractivity contribution in [3.05, 3.63) is 101 Å². The highest BCUT2D eigenvalue weighted by Gasteiger charge is 2.33. The van der Waals surface area contributed by atoms with Crippen LogP contribution in [-0.4, -0.2) is 46.7 Å². The van der Waals surface area contributed by atoms with Crippen LogP contribution in [0.4, 0.5) is 4.79 Å². The van der Waals surface area contributed by atoms with Gasteiger partial charge in [-0.2, -0.15) is 0 Å². The van der Waals surface area contributed by atoms with E-state index in [0.717, 1.165) is 16.7 Å². The van der Waals surface area contributed by atoms with Crippen LogP contribution in [0.3, 0.4) is 0 Å². The van der Waals surface area contributed by atoms with E-state index in [1.54, 1.807) is 57.0 Å². The van der Waals surface area contributed by atoms with Gasteiger partial charge in [0.25, 0.3) is 0 Å². The molecule has 0 bridgehead atoms. The minimum atomic E-state index is -0.915. The predicted molar refractivity (Wildman–Crippen MR) is 152 cm³/mol. The molecule has 0 aliphatic carbocycles. The average Bonchev–Trinajstić information content (AvgIpc) is 2.87. The van der Waals surface area contributed by atoms with Gasteiger partial charge in [-0.3, -0.25) is 4.79 Å². The number of aryl methyl sites for hydroxylation is 1. The Balaban J connectivity index is 1.84. The number of phenols is 1. The molecule has 0 aliphatic rings. The average molecular weight is 533 g/mol. The molecule has 7 heteroatoms. The first-order valence-corrected chi connectivity index (χ1v) is 13.2. The highest BCUT2D eigenvalue weighted by Crippen LogP contribution is 2.27. The Kier molecular flexibility index (Phi) is 10.1. The van der Waals surface area contributed by atoms with Gasteiger partial charge >= 0.3 is 6.09 Å². The van der Waals surface area contributed by atoms with Gasteiger partial charge in [-0.1, -0.05) is 72.3 Å². The molecule has 3 atom stereocenters. The van der Waals surface area contributed by atoms with E-state index in [0.29, 0.717) is 12.2 Å². The minimum absolute atomic E-state index is 0.0892. The van der Waals surface area contributed by atoms with Crippen LogP contribution in [0.25, 0.3) is 0 Å². The van der Waals surface area contributed by atoms with Gasteiger partial charge in [-0.15, -0.1) is 0 Å². The Morgan fingerprint density at radius 1 is 0.949 bits per heavy atom. The predicted octanol–water partition coefficient (Wildman–Crippen LogP) is 5.94. The van der Waals surface area contributed by atoms with Crippen molar-refractivity contribution in [3.8, 4) is 5.75 Å². The van der Waals surface area contributed by atoms with E-state index in [1.165, 1.54) is 0 Å². The Hall–Kier alpha value is -3.84. The molecule has 2 amide bonds. The number of hydrogen-bond donors (Lipinski definition) is 2. The summed E-state index contributed by atoms with van der Waals surface area (Å²) in [7, 11) is 1.71. The minimum Gasteiger partial charge on any atom is -0.508 e. The molecule has 3 aromatic rings. The summed E-state index contributed by atoms with van der Waals surface area (Å²) in [6.07, 6.45) is -0.912. The second-order valence-corrected chi connectivity index (χ2v) is 10.9. The summed E-state index contributed by atoms with van der Waals surface area (Å²) in [5.41, 5.74) is 3.13. The van der Waals surface area contributed by atoms with E-state index >= 15 is 0 Å². The third-order valence-corrected chi connectivity index (χ3v) is 6.38. The highest BCUT2D eigenvalue weighted by atomic mass is 16.6. The number of phenolic OH excluding ortho intramolecular Hbond substituents is 1. The highest BCUT2D eigenvalue weighted by molar-refractivity contribution is 5.86. The molecule has 0 heterocycles. The summed E-state index contributed by atoms with van der Waals surface area (Å²) in [6.45, 7) is 9.66. The molecule has 3 rings (SSSR count). The molecule has 0 aliphatic heterocycles. The fourth-order valence-corrected chi connectivity index (χ4v) is 4.36. The number of benzene rings is 3. The monoisotopic (exact) mass is 532 g/mol. The van der Waals surface area contributed by atoms with Crippen molar-refractivity contribution in [1.82, 2.24) is 10.2 Å². The number of carbonyl (C=O) groups excluding carboxylic acids is 2. The molecule has 0 spiro atoms. The van der Waals surface area contributed by atoms with Crippen molar-refractivity contribution in [2.24, 2.45) is 0 Å². The van der Waals surface area contributed by atoms with Crippen LogP contribution < -0.4 is 5.32 Å². The maximum absolute atomic E-state index is 13.9. The largest absolute Gasteiger partial charge is 0.508 e. The normalized spacial score (nSPS) is 13.7. The van der Waals surface area contributed by atoms with Crippen LogP contribution in [0.5, 0.6) is 5.75 Å².